The maximum absolute atomic E-state index is 12.5. The number of anilines is 1. The predicted octanol–water partition coefficient (Wildman–Crippen LogP) is 2.97. The van der Waals surface area contributed by atoms with Crippen LogP contribution in [-0.4, -0.2) is 65.1 Å². The molecule has 8 heteroatoms. The van der Waals surface area contributed by atoms with Gasteiger partial charge in [0.25, 0.3) is 5.91 Å². The zero-order valence-electron chi connectivity index (χ0n) is 18.0. The minimum absolute atomic E-state index is 0.184. The van der Waals surface area contributed by atoms with E-state index in [1.54, 1.807) is 9.80 Å². The minimum atomic E-state index is -0.464. The molecule has 0 atom stereocenters. The van der Waals surface area contributed by atoms with E-state index in [1.807, 2.05) is 50.2 Å². The van der Waals surface area contributed by atoms with Crippen molar-refractivity contribution in [3.8, 4) is 0 Å². The number of nitrogens with one attached hydrogen (secondary N) is 1. The number of rotatable bonds is 5. The maximum atomic E-state index is 12.5. The second kappa shape index (κ2) is 8.83. The van der Waals surface area contributed by atoms with E-state index in [2.05, 4.69) is 9.88 Å². The van der Waals surface area contributed by atoms with Crippen LogP contribution < -0.4 is 5.32 Å². The molecule has 1 aliphatic heterocycles. The van der Waals surface area contributed by atoms with Crippen LogP contribution >= 0.6 is 0 Å². The second-order valence-corrected chi connectivity index (χ2v) is 8.13. The minimum Gasteiger partial charge on any atom is -0.452 e. The summed E-state index contributed by atoms with van der Waals surface area (Å²) < 4.78 is 7.49. The van der Waals surface area contributed by atoms with Gasteiger partial charge in [0.05, 0.1) is 5.56 Å². The van der Waals surface area contributed by atoms with Gasteiger partial charge in [-0.2, -0.15) is 0 Å². The largest absolute Gasteiger partial charge is 0.452 e. The van der Waals surface area contributed by atoms with E-state index in [-0.39, 0.29) is 18.5 Å². The Labute approximate surface area is 181 Å². The molecule has 164 valence electrons. The van der Waals surface area contributed by atoms with Crippen molar-refractivity contribution in [1.29, 1.82) is 0 Å². The number of carbonyl (C=O) groups excluding carboxylic acids is 3. The second-order valence-electron chi connectivity index (χ2n) is 8.13. The molecule has 0 spiro atoms. The van der Waals surface area contributed by atoms with Gasteiger partial charge in [-0.05, 0) is 44.9 Å². The molecule has 8 nitrogen and oxygen atoms in total. The Kier molecular flexibility index (Phi) is 5.97. The molecule has 2 aromatic rings. The number of aromatic nitrogens is 1. The van der Waals surface area contributed by atoms with Crippen LogP contribution in [0.4, 0.5) is 10.5 Å². The zero-order valence-corrected chi connectivity index (χ0v) is 18.0. The van der Waals surface area contributed by atoms with Gasteiger partial charge >= 0.3 is 12.0 Å². The summed E-state index contributed by atoms with van der Waals surface area (Å²) in [6, 6.07) is 11.4. The van der Waals surface area contributed by atoms with Gasteiger partial charge in [0, 0.05) is 49.3 Å². The highest BCUT2D eigenvalue weighted by Crippen LogP contribution is 2.38. The summed E-state index contributed by atoms with van der Waals surface area (Å²) >= 11 is 0. The highest BCUT2D eigenvalue weighted by atomic mass is 16.5. The molecule has 0 unspecified atom stereocenters. The van der Waals surface area contributed by atoms with Crippen molar-refractivity contribution < 1.29 is 19.1 Å². The average Bonchev–Trinajstić information content (AvgIpc) is 3.56. The number of esters is 1. The first-order chi connectivity index (χ1) is 14.9. The number of hydrogen-bond acceptors (Lipinski definition) is 4. The lowest BCUT2D eigenvalue weighted by Crippen LogP contribution is -2.52. The van der Waals surface area contributed by atoms with Crippen LogP contribution in [0.25, 0.3) is 0 Å². The van der Waals surface area contributed by atoms with Crippen molar-refractivity contribution >= 4 is 23.6 Å². The van der Waals surface area contributed by atoms with E-state index in [1.165, 1.54) is 0 Å². The fraction of sp³-hybridized carbons (Fsp3) is 0.435. The van der Waals surface area contributed by atoms with Gasteiger partial charge in [0.1, 0.15) is 0 Å². The van der Waals surface area contributed by atoms with Crippen molar-refractivity contribution in [3.63, 3.8) is 0 Å². The third-order valence-electron chi connectivity index (χ3n) is 5.89. The number of nitrogens with zero attached hydrogens (tertiary/aromatic N) is 3. The van der Waals surface area contributed by atoms with Gasteiger partial charge in [-0.15, -0.1) is 0 Å². The molecule has 1 aliphatic carbocycles. The smallest absolute Gasteiger partial charge is 0.340 e. The first kappa shape index (κ1) is 21.0. The molecule has 1 N–H and O–H groups in total. The van der Waals surface area contributed by atoms with Gasteiger partial charge in [-0.3, -0.25) is 4.79 Å². The highest BCUT2D eigenvalue weighted by Gasteiger charge is 2.29. The molecule has 2 heterocycles. The summed E-state index contributed by atoms with van der Waals surface area (Å²) in [7, 11) is 0. The number of aryl methyl sites for hydroxylation is 1. The normalized spacial score (nSPS) is 16.2. The number of ether oxygens (including phenoxy) is 1. The van der Waals surface area contributed by atoms with Gasteiger partial charge in [0.2, 0.25) is 0 Å². The number of carbonyl (C=O) groups is 3. The van der Waals surface area contributed by atoms with E-state index in [0.29, 0.717) is 37.8 Å². The average molecular weight is 425 g/mol. The monoisotopic (exact) mass is 424 g/mol. The molecule has 2 aliphatic rings. The van der Waals surface area contributed by atoms with E-state index < -0.39 is 5.97 Å². The lowest BCUT2D eigenvalue weighted by atomic mass is 10.2. The molecule has 0 radical (unpaired) electrons. The highest BCUT2D eigenvalue weighted by molar-refractivity contribution is 5.93. The first-order valence-corrected chi connectivity index (χ1v) is 10.7. The molecular formula is C23H28N4O4. The predicted molar refractivity (Wildman–Crippen MR) is 116 cm³/mol. The number of hydrogen-bond donors (Lipinski definition) is 1. The maximum Gasteiger partial charge on any atom is 0.340 e. The quantitative estimate of drug-likeness (QED) is 0.748. The van der Waals surface area contributed by atoms with Gasteiger partial charge < -0.3 is 24.4 Å². The fourth-order valence-electron chi connectivity index (χ4n) is 4.06. The van der Waals surface area contributed by atoms with E-state index >= 15 is 0 Å². The Balaban J connectivity index is 1.24. The summed E-state index contributed by atoms with van der Waals surface area (Å²) in [5.74, 6) is -0.707. The van der Waals surface area contributed by atoms with E-state index in [4.69, 9.17) is 4.74 Å². The molecule has 3 amide bonds. The third kappa shape index (κ3) is 4.73. The fourth-order valence-corrected chi connectivity index (χ4v) is 4.06. The van der Waals surface area contributed by atoms with Crippen LogP contribution in [0.3, 0.4) is 0 Å². The summed E-state index contributed by atoms with van der Waals surface area (Å²) in [4.78, 5) is 40.7. The van der Waals surface area contributed by atoms with Gasteiger partial charge in [-0.1, -0.05) is 18.2 Å². The number of urea groups is 1. The molecule has 4 rings (SSSR count). The molecular weight excluding hydrogens is 396 g/mol. The topological polar surface area (TPSA) is 83.9 Å². The first-order valence-electron chi connectivity index (χ1n) is 10.7. The van der Waals surface area contributed by atoms with Crippen molar-refractivity contribution in [1.82, 2.24) is 14.4 Å². The Bertz CT molecular complexity index is 973. The number of benzene rings is 1. The molecule has 31 heavy (non-hydrogen) atoms. The molecule has 1 aromatic carbocycles. The number of para-hydroxylation sites is 1. The zero-order chi connectivity index (χ0) is 22.0. The Morgan fingerprint density at radius 2 is 1.65 bits per heavy atom. The van der Waals surface area contributed by atoms with E-state index in [0.717, 1.165) is 29.9 Å². The summed E-state index contributed by atoms with van der Waals surface area (Å²) in [5, 5.41) is 2.85. The van der Waals surface area contributed by atoms with Gasteiger partial charge in [-0.25, -0.2) is 9.59 Å². The Morgan fingerprint density at radius 1 is 1.00 bits per heavy atom. The molecule has 1 saturated heterocycles. The summed E-state index contributed by atoms with van der Waals surface area (Å²) in [6.07, 6.45) is 2.28. The molecule has 1 saturated carbocycles. The van der Waals surface area contributed by atoms with Crippen molar-refractivity contribution in [2.75, 3.05) is 38.1 Å². The van der Waals surface area contributed by atoms with Crippen molar-refractivity contribution in [2.24, 2.45) is 0 Å². The lowest BCUT2D eigenvalue weighted by Gasteiger charge is -2.34. The molecule has 1 aromatic heterocycles. The molecule has 2 fully saturated rings. The van der Waals surface area contributed by atoms with Crippen LogP contribution in [-0.2, 0) is 9.53 Å². The number of amides is 3. The Hall–Kier alpha value is -3.29. The standard InChI is InChI=1S/C23H28N4O4/c1-16-14-20(17(2)27(16)19-8-9-19)22(29)31-15-21(28)25-10-12-26(13-11-25)23(30)24-18-6-4-3-5-7-18/h3-7,14,19H,8-13,15H2,1-2H3,(H,24,30). The SMILES string of the molecule is Cc1cc(C(=O)OCC(=O)N2CCN(C(=O)Nc3ccccc3)CC2)c(C)n1C1CC1. The Morgan fingerprint density at radius 3 is 2.29 bits per heavy atom. The van der Waals surface area contributed by atoms with Crippen molar-refractivity contribution in [2.45, 2.75) is 32.7 Å². The third-order valence-corrected chi connectivity index (χ3v) is 5.89. The van der Waals surface area contributed by atoms with Crippen LogP contribution in [0.5, 0.6) is 0 Å². The van der Waals surface area contributed by atoms with Gasteiger partial charge in [0.15, 0.2) is 6.61 Å². The van der Waals surface area contributed by atoms with Crippen LogP contribution in [0.15, 0.2) is 36.4 Å². The summed E-state index contributed by atoms with van der Waals surface area (Å²) in [5.41, 5.74) is 3.21. The van der Waals surface area contributed by atoms with E-state index in [9.17, 15) is 14.4 Å². The number of piperazine rings is 1. The van der Waals surface area contributed by atoms with Crippen LogP contribution in [0.2, 0.25) is 0 Å². The molecule has 0 bridgehead atoms. The van der Waals surface area contributed by atoms with Crippen molar-refractivity contribution in [3.05, 3.63) is 53.3 Å². The lowest BCUT2D eigenvalue weighted by molar-refractivity contribution is -0.135. The van der Waals surface area contributed by atoms with Crippen LogP contribution in [0.1, 0.15) is 40.6 Å². The summed E-state index contributed by atoms with van der Waals surface area (Å²) in [6.45, 7) is 5.30. The van der Waals surface area contributed by atoms with Crippen LogP contribution in [0, 0.1) is 13.8 Å².